The zero-order valence-electron chi connectivity index (χ0n) is 16.5. The van der Waals surface area contributed by atoms with Gasteiger partial charge >= 0.3 is 11.7 Å². The molecule has 8 nitrogen and oxygen atoms in total. The molecule has 0 bridgehead atoms. The van der Waals surface area contributed by atoms with Crippen molar-refractivity contribution >= 4 is 28.3 Å². The summed E-state index contributed by atoms with van der Waals surface area (Å²) in [4.78, 5) is 30.0. The number of pyridine rings is 1. The first-order chi connectivity index (χ1) is 14.1. The molecular formula is C21H27N5O3. The molecule has 2 aliphatic rings. The number of urea groups is 1. The lowest BCUT2D eigenvalue weighted by molar-refractivity contribution is -0.382. The summed E-state index contributed by atoms with van der Waals surface area (Å²) in [5.74, 6) is 0. The van der Waals surface area contributed by atoms with Gasteiger partial charge in [0.15, 0.2) is 0 Å². The average molecular weight is 397 g/mol. The van der Waals surface area contributed by atoms with E-state index in [-0.39, 0.29) is 28.7 Å². The summed E-state index contributed by atoms with van der Waals surface area (Å²) >= 11 is 0. The SMILES string of the molecule is O=C(NC1CCCCC1)NC1CCN(c2ccc3ncccc3c2[N+](=O)[O-])CC1. The normalized spacial score (nSPS) is 18.6. The fraction of sp³-hybridized carbons (Fsp3) is 0.524. The lowest BCUT2D eigenvalue weighted by atomic mass is 9.96. The second-order valence-electron chi connectivity index (χ2n) is 7.97. The number of nitro benzene ring substituents is 1. The van der Waals surface area contributed by atoms with Crippen molar-refractivity contribution in [2.75, 3.05) is 18.0 Å². The number of carbonyl (C=O) groups is 1. The first kappa shape index (κ1) is 19.4. The van der Waals surface area contributed by atoms with Gasteiger partial charge in [-0.15, -0.1) is 0 Å². The number of amides is 2. The minimum absolute atomic E-state index is 0.0851. The molecule has 1 aromatic carbocycles. The van der Waals surface area contributed by atoms with E-state index < -0.39 is 0 Å². The maximum absolute atomic E-state index is 12.3. The van der Waals surface area contributed by atoms with Gasteiger partial charge < -0.3 is 15.5 Å². The van der Waals surface area contributed by atoms with Crippen LogP contribution in [0.5, 0.6) is 0 Å². The third-order valence-electron chi connectivity index (χ3n) is 6.03. The van der Waals surface area contributed by atoms with E-state index >= 15 is 0 Å². The van der Waals surface area contributed by atoms with Crippen molar-refractivity contribution in [2.45, 2.75) is 57.0 Å². The smallest absolute Gasteiger partial charge is 0.315 e. The predicted octanol–water partition coefficient (Wildman–Crippen LogP) is 3.74. The summed E-state index contributed by atoms with van der Waals surface area (Å²) in [6.07, 6.45) is 8.92. The van der Waals surface area contributed by atoms with Gasteiger partial charge in [0.1, 0.15) is 5.69 Å². The largest absolute Gasteiger partial charge is 0.366 e. The Morgan fingerprint density at radius 1 is 1.03 bits per heavy atom. The number of piperidine rings is 1. The van der Waals surface area contributed by atoms with Crippen LogP contribution in [0.3, 0.4) is 0 Å². The Balaban J connectivity index is 1.39. The van der Waals surface area contributed by atoms with Crippen molar-refractivity contribution in [3.05, 3.63) is 40.6 Å². The molecule has 1 aromatic heterocycles. The fourth-order valence-electron chi connectivity index (χ4n) is 4.50. The Bertz CT molecular complexity index is 889. The number of nitrogens with zero attached hydrogens (tertiary/aromatic N) is 3. The van der Waals surface area contributed by atoms with Crippen LogP contribution in [-0.2, 0) is 0 Å². The Morgan fingerprint density at radius 2 is 1.72 bits per heavy atom. The molecule has 4 rings (SSSR count). The standard InChI is InChI=1S/C21H27N5O3/c27-21(23-15-5-2-1-3-6-15)24-16-10-13-25(14-11-16)19-9-8-18-17(7-4-12-22-18)20(19)26(28)29/h4,7-9,12,15-16H,1-3,5-6,10-11,13-14H2,(H2,23,24,27). The fourth-order valence-corrected chi connectivity index (χ4v) is 4.50. The number of fused-ring (bicyclic) bond motifs is 1. The average Bonchev–Trinajstić information content (AvgIpc) is 2.74. The Morgan fingerprint density at radius 3 is 2.41 bits per heavy atom. The summed E-state index contributed by atoms with van der Waals surface area (Å²) in [6, 6.07) is 7.39. The molecule has 1 aliphatic carbocycles. The van der Waals surface area contributed by atoms with Crippen LogP contribution < -0.4 is 15.5 Å². The van der Waals surface area contributed by atoms with E-state index in [1.54, 1.807) is 24.4 Å². The van der Waals surface area contributed by atoms with Crippen LogP contribution in [0.25, 0.3) is 10.9 Å². The third-order valence-corrected chi connectivity index (χ3v) is 6.03. The molecular weight excluding hydrogens is 370 g/mol. The molecule has 1 aliphatic heterocycles. The van der Waals surface area contributed by atoms with Crippen LogP contribution in [0, 0.1) is 10.1 Å². The van der Waals surface area contributed by atoms with Gasteiger partial charge in [0.05, 0.1) is 15.8 Å². The number of nitrogens with one attached hydrogen (secondary N) is 2. The highest BCUT2D eigenvalue weighted by atomic mass is 16.6. The highest BCUT2D eigenvalue weighted by molar-refractivity contribution is 5.94. The van der Waals surface area contributed by atoms with Crippen LogP contribution in [0.15, 0.2) is 30.5 Å². The highest BCUT2D eigenvalue weighted by Gasteiger charge is 2.28. The molecule has 2 fully saturated rings. The van der Waals surface area contributed by atoms with Crippen molar-refractivity contribution in [1.82, 2.24) is 15.6 Å². The van der Waals surface area contributed by atoms with Crippen molar-refractivity contribution in [2.24, 2.45) is 0 Å². The van der Waals surface area contributed by atoms with Gasteiger partial charge in [0.25, 0.3) is 0 Å². The van der Waals surface area contributed by atoms with Gasteiger partial charge in [-0.3, -0.25) is 15.1 Å². The number of hydrogen-bond acceptors (Lipinski definition) is 5. The molecule has 2 amide bonds. The number of hydrogen-bond donors (Lipinski definition) is 2. The zero-order valence-corrected chi connectivity index (χ0v) is 16.5. The molecule has 1 saturated heterocycles. The molecule has 2 heterocycles. The van der Waals surface area contributed by atoms with Gasteiger partial charge in [0, 0.05) is 31.4 Å². The lowest BCUT2D eigenvalue weighted by Crippen LogP contribution is -2.50. The van der Waals surface area contributed by atoms with Crippen molar-refractivity contribution in [3.63, 3.8) is 0 Å². The molecule has 0 spiro atoms. The molecule has 8 heteroatoms. The quantitative estimate of drug-likeness (QED) is 0.605. The van der Waals surface area contributed by atoms with E-state index in [4.69, 9.17) is 0 Å². The van der Waals surface area contributed by atoms with Crippen LogP contribution in [0.1, 0.15) is 44.9 Å². The first-order valence-electron chi connectivity index (χ1n) is 10.5. The zero-order chi connectivity index (χ0) is 20.2. The summed E-state index contributed by atoms with van der Waals surface area (Å²) < 4.78 is 0. The number of carbonyl (C=O) groups excluding carboxylic acids is 1. The second-order valence-corrected chi connectivity index (χ2v) is 7.97. The number of rotatable bonds is 4. The van der Waals surface area contributed by atoms with E-state index in [1.807, 2.05) is 11.0 Å². The van der Waals surface area contributed by atoms with E-state index in [9.17, 15) is 14.9 Å². The second kappa shape index (κ2) is 8.63. The molecule has 0 radical (unpaired) electrons. The van der Waals surface area contributed by atoms with Gasteiger partial charge in [-0.05, 0) is 49.9 Å². The van der Waals surface area contributed by atoms with E-state index in [0.29, 0.717) is 29.7 Å². The predicted molar refractivity (Wildman–Crippen MR) is 112 cm³/mol. The Hall–Kier alpha value is -2.90. The van der Waals surface area contributed by atoms with E-state index in [1.165, 1.54) is 19.3 Å². The Kier molecular flexibility index (Phi) is 5.78. The monoisotopic (exact) mass is 397 g/mol. The maximum Gasteiger partial charge on any atom is 0.315 e. The van der Waals surface area contributed by atoms with Crippen molar-refractivity contribution in [1.29, 1.82) is 0 Å². The van der Waals surface area contributed by atoms with Crippen LogP contribution >= 0.6 is 0 Å². The van der Waals surface area contributed by atoms with Crippen LogP contribution in [0.2, 0.25) is 0 Å². The molecule has 0 unspecified atom stereocenters. The van der Waals surface area contributed by atoms with Gasteiger partial charge in [-0.2, -0.15) is 0 Å². The van der Waals surface area contributed by atoms with E-state index in [2.05, 4.69) is 15.6 Å². The topological polar surface area (TPSA) is 100 Å². The highest BCUT2D eigenvalue weighted by Crippen LogP contribution is 2.36. The number of anilines is 1. The minimum atomic E-state index is -0.318. The van der Waals surface area contributed by atoms with Gasteiger partial charge in [0.2, 0.25) is 0 Å². The molecule has 154 valence electrons. The van der Waals surface area contributed by atoms with Crippen molar-refractivity contribution in [3.8, 4) is 0 Å². The molecule has 2 N–H and O–H groups in total. The van der Waals surface area contributed by atoms with Gasteiger partial charge in [-0.1, -0.05) is 19.3 Å². The minimum Gasteiger partial charge on any atom is -0.366 e. The molecule has 2 aromatic rings. The number of benzene rings is 1. The maximum atomic E-state index is 12.3. The summed E-state index contributed by atoms with van der Waals surface area (Å²) in [6.45, 7) is 1.34. The lowest BCUT2D eigenvalue weighted by Gasteiger charge is -2.34. The Labute approximate surface area is 169 Å². The third kappa shape index (κ3) is 4.41. The first-order valence-corrected chi connectivity index (χ1v) is 10.5. The summed E-state index contributed by atoms with van der Waals surface area (Å²) in [5, 5.41) is 18.5. The number of aromatic nitrogens is 1. The van der Waals surface area contributed by atoms with Crippen LogP contribution in [-0.4, -0.2) is 41.1 Å². The van der Waals surface area contributed by atoms with Crippen LogP contribution in [0.4, 0.5) is 16.2 Å². The molecule has 29 heavy (non-hydrogen) atoms. The van der Waals surface area contributed by atoms with Gasteiger partial charge in [-0.25, -0.2) is 4.79 Å². The van der Waals surface area contributed by atoms with Crippen molar-refractivity contribution < 1.29 is 9.72 Å². The summed E-state index contributed by atoms with van der Waals surface area (Å²) in [5.41, 5.74) is 1.36. The van der Waals surface area contributed by atoms with E-state index in [0.717, 1.165) is 25.7 Å². The molecule has 1 saturated carbocycles. The summed E-state index contributed by atoms with van der Waals surface area (Å²) in [7, 11) is 0. The number of nitro groups is 1. The molecule has 0 atom stereocenters.